The van der Waals surface area contributed by atoms with Crippen molar-refractivity contribution in [3.63, 3.8) is 0 Å². The van der Waals surface area contributed by atoms with Gasteiger partial charge in [0.2, 0.25) is 0 Å². The van der Waals surface area contributed by atoms with Crippen LogP contribution in [0.15, 0.2) is 0 Å². The molecule has 1 heterocycles. The number of ether oxygens (including phenoxy) is 1. The third-order valence-corrected chi connectivity index (χ3v) is 3.89. The average molecular weight is 226 g/mol. The number of rotatable bonds is 5. The zero-order valence-electron chi connectivity index (χ0n) is 10.7. The second-order valence-electron chi connectivity index (χ2n) is 5.32. The highest BCUT2D eigenvalue weighted by Crippen LogP contribution is 2.29. The lowest BCUT2D eigenvalue weighted by Gasteiger charge is -2.39. The number of morpholine rings is 1. The summed E-state index contributed by atoms with van der Waals surface area (Å²) >= 11 is 0. The molecule has 3 unspecified atom stereocenters. The van der Waals surface area contributed by atoms with Crippen LogP contribution in [-0.4, -0.2) is 49.8 Å². The Hall–Kier alpha value is -0.120. The molecular weight excluding hydrogens is 200 g/mol. The van der Waals surface area contributed by atoms with Gasteiger partial charge in [0.1, 0.15) is 0 Å². The molecule has 0 radical (unpaired) electrons. The summed E-state index contributed by atoms with van der Waals surface area (Å²) in [6, 6.07) is 0.720. The fraction of sp³-hybridized carbons (Fsp3) is 1.00. The maximum Gasteiger partial charge on any atom is 0.0730 e. The van der Waals surface area contributed by atoms with E-state index < -0.39 is 0 Å². The molecule has 3 heteroatoms. The van der Waals surface area contributed by atoms with E-state index in [0.717, 1.165) is 38.2 Å². The van der Waals surface area contributed by atoms with Crippen molar-refractivity contribution >= 4 is 0 Å². The molecule has 16 heavy (non-hydrogen) atoms. The molecule has 2 rings (SSSR count). The molecule has 1 aliphatic carbocycles. The van der Waals surface area contributed by atoms with Gasteiger partial charge in [-0.1, -0.05) is 13.8 Å². The van der Waals surface area contributed by atoms with Crippen LogP contribution in [0.3, 0.4) is 0 Å². The van der Waals surface area contributed by atoms with E-state index in [2.05, 4.69) is 24.1 Å². The van der Waals surface area contributed by atoms with E-state index in [9.17, 15) is 0 Å². The van der Waals surface area contributed by atoms with Crippen molar-refractivity contribution in [2.45, 2.75) is 45.3 Å². The van der Waals surface area contributed by atoms with Gasteiger partial charge in [0, 0.05) is 19.1 Å². The predicted molar refractivity (Wildman–Crippen MR) is 66.7 cm³/mol. The third kappa shape index (κ3) is 2.96. The second-order valence-corrected chi connectivity index (χ2v) is 5.32. The summed E-state index contributed by atoms with van der Waals surface area (Å²) < 4.78 is 5.84. The Morgan fingerprint density at radius 3 is 3.12 bits per heavy atom. The van der Waals surface area contributed by atoms with E-state index in [1.54, 1.807) is 0 Å². The van der Waals surface area contributed by atoms with Crippen LogP contribution in [0.4, 0.5) is 0 Å². The van der Waals surface area contributed by atoms with Crippen molar-refractivity contribution in [3.05, 3.63) is 0 Å². The predicted octanol–water partition coefficient (Wildman–Crippen LogP) is 1.49. The summed E-state index contributed by atoms with van der Waals surface area (Å²) in [7, 11) is 0. The maximum absolute atomic E-state index is 5.84. The molecule has 1 N–H and O–H groups in total. The molecule has 0 spiro atoms. The van der Waals surface area contributed by atoms with Gasteiger partial charge >= 0.3 is 0 Å². The molecule has 3 atom stereocenters. The van der Waals surface area contributed by atoms with Crippen LogP contribution in [0.2, 0.25) is 0 Å². The minimum atomic E-state index is 0.542. The first-order valence-corrected chi connectivity index (χ1v) is 6.87. The van der Waals surface area contributed by atoms with Crippen LogP contribution in [0.5, 0.6) is 0 Å². The molecule has 0 bridgehead atoms. The van der Waals surface area contributed by atoms with Crippen LogP contribution in [-0.2, 0) is 4.74 Å². The van der Waals surface area contributed by atoms with Crippen LogP contribution >= 0.6 is 0 Å². The first-order chi connectivity index (χ1) is 7.81. The summed E-state index contributed by atoms with van der Waals surface area (Å²) in [4.78, 5) is 2.67. The number of hydrogen-bond donors (Lipinski definition) is 1. The van der Waals surface area contributed by atoms with Gasteiger partial charge in [-0.15, -0.1) is 0 Å². The molecule has 0 aromatic rings. The lowest BCUT2D eigenvalue weighted by Crippen LogP contribution is -2.50. The average Bonchev–Trinajstić information content (AvgIpc) is 2.75. The molecule has 0 aromatic carbocycles. The van der Waals surface area contributed by atoms with Crippen molar-refractivity contribution in [2.75, 3.05) is 32.8 Å². The molecule has 0 amide bonds. The number of hydrogen-bond acceptors (Lipinski definition) is 3. The van der Waals surface area contributed by atoms with E-state index in [0.29, 0.717) is 6.10 Å². The summed E-state index contributed by atoms with van der Waals surface area (Å²) in [5, 5.41) is 3.44. The summed E-state index contributed by atoms with van der Waals surface area (Å²) in [6.45, 7) is 10.1. The smallest absolute Gasteiger partial charge is 0.0730 e. The van der Waals surface area contributed by atoms with Gasteiger partial charge in [-0.25, -0.2) is 0 Å². The summed E-state index contributed by atoms with van der Waals surface area (Å²) in [5.74, 6) is 0.749. The summed E-state index contributed by atoms with van der Waals surface area (Å²) in [6.07, 6.45) is 4.52. The van der Waals surface area contributed by atoms with Gasteiger partial charge in [0.15, 0.2) is 0 Å². The Morgan fingerprint density at radius 2 is 2.31 bits per heavy atom. The van der Waals surface area contributed by atoms with Gasteiger partial charge < -0.3 is 10.1 Å². The molecule has 1 aliphatic heterocycles. The quantitative estimate of drug-likeness (QED) is 0.768. The van der Waals surface area contributed by atoms with Crippen LogP contribution in [0.1, 0.15) is 33.1 Å². The molecule has 94 valence electrons. The zero-order chi connectivity index (χ0) is 11.4. The molecule has 0 aromatic heterocycles. The van der Waals surface area contributed by atoms with E-state index in [4.69, 9.17) is 4.74 Å². The van der Waals surface area contributed by atoms with Crippen molar-refractivity contribution < 1.29 is 4.74 Å². The fourth-order valence-electron chi connectivity index (χ4n) is 3.09. The highest BCUT2D eigenvalue weighted by atomic mass is 16.5. The minimum Gasteiger partial charge on any atom is -0.375 e. The number of nitrogens with zero attached hydrogens (tertiary/aromatic N) is 1. The lowest BCUT2D eigenvalue weighted by atomic mass is 10.1. The topological polar surface area (TPSA) is 24.5 Å². The minimum absolute atomic E-state index is 0.542. The Morgan fingerprint density at radius 1 is 1.44 bits per heavy atom. The van der Waals surface area contributed by atoms with E-state index in [1.165, 1.54) is 25.8 Å². The van der Waals surface area contributed by atoms with Crippen molar-refractivity contribution in [1.29, 1.82) is 0 Å². The van der Waals surface area contributed by atoms with Crippen LogP contribution < -0.4 is 5.32 Å². The van der Waals surface area contributed by atoms with Crippen molar-refractivity contribution in [3.8, 4) is 0 Å². The Bertz CT molecular complexity index is 210. The fourth-order valence-corrected chi connectivity index (χ4v) is 3.09. The van der Waals surface area contributed by atoms with Crippen molar-refractivity contribution in [1.82, 2.24) is 10.2 Å². The highest BCUT2D eigenvalue weighted by Gasteiger charge is 2.36. The first kappa shape index (κ1) is 12.3. The number of nitrogens with one attached hydrogen (secondary N) is 1. The standard InChI is InChI=1S/C13H26N2O/c1-3-14-9-11(2)10-15-7-8-16-13-6-4-5-12(13)15/h11-14H,3-10H2,1-2H3. The summed E-state index contributed by atoms with van der Waals surface area (Å²) in [5.41, 5.74) is 0. The Labute approximate surface area is 99.5 Å². The highest BCUT2D eigenvalue weighted by molar-refractivity contribution is 4.89. The molecule has 2 fully saturated rings. The van der Waals surface area contributed by atoms with Gasteiger partial charge in [0.05, 0.1) is 12.7 Å². The molecule has 3 nitrogen and oxygen atoms in total. The Kier molecular flexibility index (Phi) is 4.62. The van der Waals surface area contributed by atoms with Gasteiger partial charge in [0.25, 0.3) is 0 Å². The molecule has 1 saturated carbocycles. The van der Waals surface area contributed by atoms with Gasteiger partial charge in [-0.05, 0) is 38.3 Å². The third-order valence-electron chi connectivity index (χ3n) is 3.89. The molecule has 1 saturated heterocycles. The monoisotopic (exact) mass is 226 g/mol. The molecular formula is C13H26N2O. The normalized spacial score (nSPS) is 32.6. The second kappa shape index (κ2) is 5.99. The first-order valence-electron chi connectivity index (χ1n) is 6.87. The van der Waals surface area contributed by atoms with E-state index >= 15 is 0 Å². The van der Waals surface area contributed by atoms with E-state index in [1.807, 2.05) is 0 Å². The number of fused-ring (bicyclic) bond motifs is 1. The van der Waals surface area contributed by atoms with Crippen LogP contribution in [0, 0.1) is 5.92 Å². The zero-order valence-corrected chi connectivity index (χ0v) is 10.7. The van der Waals surface area contributed by atoms with Crippen molar-refractivity contribution in [2.24, 2.45) is 5.92 Å². The maximum atomic E-state index is 5.84. The van der Waals surface area contributed by atoms with E-state index in [-0.39, 0.29) is 0 Å². The molecule has 2 aliphatic rings. The SMILES string of the molecule is CCNCC(C)CN1CCOC2CCCC21. The largest absolute Gasteiger partial charge is 0.375 e. The van der Waals surface area contributed by atoms with Gasteiger partial charge in [-0.3, -0.25) is 4.90 Å². The Balaban J connectivity index is 1.79. The van der Waals surface area contributed by atoms with Gasteiger partial charge in [-0.2, -0.15) is 0 Å². The lowest BCUT2D eigenvalue weighted by molar-refractivity contribution is -0.0594. The van der Waals surface area contributed by atoms with Crippen LogP contribution in [0.25, 0.3) is 0 Å².